The van der Waals surface area contributed by atoms with Crippen LogP contribution >= 0.6 is 0 Å². The summed E-state index contributed by atoms with van der Waals surface area (Å²) in [4.78, 5) is 31.6. The molecule has 2 amide bonds. The van der Waals surface area contributed by atoms with Crippen molar-refractivity contribution in [1.82, 2.24) is 14.7 Å². The molecule has 3 atom stereocenters. The van der Waals surface area contributed by atoms with E-state index < -0.39 is 23.4 Å². The number of hydrogen-bond donors (Lipinski definition) is 0. The van der Waals surface area contributed by atoms with Crippen molar-refractivity contribution in [1.29, 1.82) is 0 Å². The lowest BCUT2D eigenvalue weighted by Crippen LogP contribution is -2.61. The first-order valence-electron chi connectivity index (χ1n) is 10.3. The first-order valence-corrected chi connectivity index (χ1v) is 10.3. The topological polar surface area (TPSA) is 43.9 Å². The van der Waals surface area contributed by atoms with Crippen LogP contribution in [0, 0.1) is 17.6 Å². The Morgan fingerprint density at radius 3 is 2.14 bits per heavy atom. The second-order valence-corrected chi connectivity index (χ2v) is 8.62. The van der Waals surface area contributed by atoms with Crippen molar-refractivity contribution in [3.05, 3.63) is 35.4 Å². The summed E-state index contributed by atoms with van der Waals surface area (Å²) in [6.07, 6.45) is 3.89. The number of rotatable bonds is 1. The van der Waals surface area contributed by atoms with Gasteiger partial charge >= 0.3 is 11.8 Å². The van der Waals surface area contributed by atoms with Crippen LogP contribution in [-0.2, 0) is 9.59 Å². The normalized spacial score (nSPS) is 34.0. The van der Waals surface area contributed by atoms with Crippen molar-refractivity contribution in [3.8, 4) is 0 Å². The van der Waals surface area contributed by atoms with Crippen LogP contribution in [0.4, 0.5) is 8.78 Å². The summed E-state index contributed by atoms with van der Waals surface area (Å²) in [5.41, 5.74) is 0.587. The van der Waals surface area contributed by atoms with Gasteiger partial charge in [0.05, 0.1) is 6.04 Å². The van der Waals surface area contributed by atoms with E-state index in [1.807, 2.05) is 0 Å². The molecule has 5 aliphatic rings. The third-order valence-electron chi connectivity index (χ3n) is 7.14. The number of fused-ring (bicyclic) bond motifs is 2. The average Bonchev–Trinajstić information content (AvgIpc) is 3.36. The first kappa shape index (κ1) is 18.0. The standard InChI is InChI=1S/C21H25F2N3O2/c22-15-9-14(10-16(23)11-15)17-12-26(21(28)20(27)25-5-1-2-6-25)18-13-3-7-24(8-4-13)19(17)18/h9-11,13,17-19H,1-8,12H2/t17-,18-,19-/m1/s1. The number of nitrogens with zero attached hydrogens (tertiary/aromatic N) is 3. The Bertz CT molecular complexity index is 783. The number of halogens is 2. The molecule has 0 aromatic heterocycles. The van der Waals surface area contributed by atoms with Gasteiger partial charge in [-0.25, -0.2) is 8.78 Å². The lowest BCUT2D eigenvalue weighted by atomic mass is 9.75. The number of piperidine rings is 3. The highest BCUT2D eigenvalue weighted by Crippen LogP contribution is 2.46. The molecule has 1 aromatic rings. The number of likely N-dealkylation sites (tertiary alicyclic amines) is 2. The maximum atomic E-state index is 13.9. The van der Waals surface area contributed by atoms with Crippen molar-refractivity contribution in [3.63, 3.8) is 0 Å². The molecular formula is C21H25F2N3O2. The molecule has 1 aromatic carbocycles. The van der Waals surface area contributed by atoms with Crippen molar-refractivity contribution in [2.24, 2.45) is 5.92 Å². The molecule has 5 heterocycles. The van der Waals surface area contributed by atoms with E-state index in [2.05, 4.69) is 4.90 Å². The van der Waals surface area contributed by atoms with Crippen LogP contribution < -0.4 is 0 Å². The van der Waals surface area contributed by atoms with E-state index in [1.165, 1.54) is 12.1 Å². The van der Waals surface area contributed by atoms with Gasteiger partial charge in [-0.05, 0) is 62.4 Å². The van der Waals surface area contributed by atoms with Crippen LogP contribution in [0.15, 0.2) is 18.2 Å². The summed E-state index contributed by atoms with van der Waals surface area (Å²) in [6.45, 7) is 3.52. The van der Waals surface area contributed by atoms with E-state index in [9.17, 15) is 18.4 Å². The molecule has 0 spiro atoms. The Morgan fingerprint density at radius 2 is 1.50 bits per heavy atom. The molecule has 0 aliphatic carbocycles. The van der Waals surface area contributed by atoms with Crippen LogP contribution in [0.5, 0.6) is 0 Å². The van der Waals surface area contributed by atoms with Crippen LogP contribution in [0.1, 0.15) is 37.2 Å². The van der Waals surface area contributed by atoms with Gasteiger partial charge in [-0.15, -0.1) is 0 Å². The van der Waals surface area contributed by atoms with Gasteiger partial charge in [-0.3, -0.25) is 14.5 Å². The molecular weight excluding hydrogens is 364 g/mol. The fourth-order valence-electron chi connectivity index (χ4n) is 5.92. The Balaban J connectivity index is 1.48. The van der Waals surface area contributed by atoms with Crippen molar-refractivity contribution < 1.29 is 18.4 Å². The Kier molecular flexibility index (Phi) is 4.38. The molecule has 6 rings (SSSR count). The van der Waals surface area contributed by atoms with Crippen LogP contribution in [-0.4, -0.2) is 71.3 Å². The summed E-state index contributed by atoms with van der Waals surface area (Å²) in [6, 6.07) is 3.62. The highest BCUT2D eigenvalue weighted by molar-refractivity contribution is 6.35. The van der Waals surface area contributed by atoms with Crippen LogP contribution in [0.2, 0.25) is 0 Å². The minimum absolute atomic E-state index is 0.0315. The van der Waals surface area contributed by atoms with Crippen molar-refractivity contribution in [2.75, 3.05) is 32.7 Å². The summed E-state index contributed by atoms with van der Waals surface area (Å²) in [5, 5.41) is 0. The van der Waals surface area contributed by atoms with Crippen LogP contribution in [0.25, 0.3) is 0 Å². The molecule has 0 saturated carbocycles. The second-order valence-electron chi connectivity index (χ2n) is 8.62. The van der Waals surface area contributed by atoms with Crippen molar-refractivity contribution >= 4 is 11.8 Å². The van der Waals surface area contributed by atoms with E-state index in [-0.39, 0.29) is 18.0 Å². The Labute approximate surface area is 163 Å². The van der Waals surface area contributed by atoms with Gasteiger partial charge in [-0.2, -0.15) is 0 Å². The van der Waals surface area contributed by atoms with Gasteiger partial charge in [0.25, 0.3) is 0 Å². The number of hydrogen-bond acceptors (Lipinski definition) is 3. The first-order chi connectivity index (χ1) is 13.5. The predicted octanol–water partition coefficient (Wildman–Crippen LogP) is 1.98. The predicted molar refractivity (Wildman–Crippen MR) is 98.5 cm³/mol. The van der Waals surface area contributed by atoms with E-state index in [0.29, 0.717) is 31.1 Å². The largest absolute Gasteiger partial charge is 0.334 e. The number of amides is 2. The van der Waals surface area contributed by atoms with E-state index in [1.54, 1.807) is 9.80 Å². The van der Waals surface area contributed by atoms with Gasteiger partial charge in [0.15, 0.2) is 0 Å². The summed E-state index contributed by atoms with van der Waals surface area (Å²) >= 11 is 0. The van der Waals surface area contributed by atoms with Crippen LogP contribution in [0.3, 0.4) is 0 Å². The number of benzene rings is 1. The molecule has 0 N–H and O–H groups in total. The molecule has 0 radical (unpaired) electrons. The van der Waals surface area contributed by atoms with Gasteiger partial charge in [0, 0.05) is 37.7 Å². The number of carbonyl (C=O) groups excluding carboxylic acids is 2. The average molecular weight is 389 g/mol. The lowest BCUT2D eigenvalue weighted by Gasteiger charge is -2.51. The third-order valence-corrected chi connectivity index (χ3v) is 7.14. The highest BCUT2D eigenvalue weighted by atomic mass is 19.1. The minimum atomic E-state index is -0.597. The molecule has 150 valence electrons. The van der Waals surface area contributed by atoms with E-state index >= 15 is 0 Å². The van der Waals surface area contributed by atoms with Gasteiger partial charge in [0.1, 0.15) is 11.6 Å². The van der Waals surface area contributed by atoms with E-state index in [4.69, 9.17) is 0 Å². The van der Waals surface area contributed by atoms with Gasteiger partial charge < -0.3 is 9.80 Å². The Morgan fingerprint density at radius 1 is 0.857 bits per heavy atom. The van der Waals surface area contributed by atoms with Gasteiger partial charge in [0.2, 0.25) is 0 Å². The minimum Gasteiger partial charge on any atom is -0.334 e. The third kappa shape index (κ3) is 2.82. The quantitative estimate of drug-likeness (QED) is 0.690. The maximum absolute atomic E-state index is 13.9. The zero-order chi connectivity index (χ0) is 19.4. The summed E-state index contributed by atoms with van der Waals surface area (Å²) < 4.78 is 27.8. The molecule has 2 bridgehead atoms. The molecule has 5 saturated heterocycles. The SMILES string of the molecule is O=C(C(=O)N1C[C@H](c2cc(F)cc(F)c2)[C@@H]2[C@H]1C1CCN2CC1)N1CCCC1. The molecule has 5 nitrogen and oxygen atoms in total. The van der Waals surface area contributed by atoms with Gasteiger partial charge in [-0.1, -0.05) is 0 Å². The second kappa shape index (κ2) is 6.79. The number of carbonyl (C=O) groups is 2. The zero-order valence-corrected chi connectivity index (χ0v) is 15.8. The highest BCUT2D eigenvalue weighted by Gasteiger charge is 2.55. The monoisotopic (exact) mass is 389 g/mol. The van der Waals surface area contributed by atoms with E-state index in [0.717, 1.165) is 44.8 Å². The maximum Gasteiger partial charge on any atom is 0.312 e. The molecule has 5 aliphatic heterocycles. The molecule has 0 unspecified atom stereocenters. The van der Waals surface area contributed by atoms with Crippen molar-refractivity contribution in [2.45, 2.75) is 43.7 Å². The smallest absolute Gasteiger partial charge is 0.312 e. The summed E-state index contributed by atoms with van der Waals surface area (Å²) in [7, 11) is 0. The molecule has 28 heavy (non-hydrogen) atoms. The fourth-order valence-corrected chi connectivity index (χ4v) is 5.92. The summed E-state index contributed by atoms with van der Waals surface area (Å²) in [5.74, 6) is -1.87. The lowest BCUT2D eigenvalue weighted by molar-refractivity contribution is -0.153. The zero-order valence-electron chi connectivity index (χ0n) is 15.8. The fraction of sp³-hybridized carbons (Fsp3) is 0.619. The molecule has 7 heteroatoms. The molecule has 5 fully saturated rings. The Hall–Kier alpha value is -2.02.